The molecular weight excluding hydrogens is 402 g/mol. The number of aromatic nitrogens is 4. The summed E-state index contributed by atoms with van der Waals surface area (Å²) in [6, 6.07) is 7.75. The van der Waals surface area contributed by atoms with Crippen LogP contribution in [0.25, 0.3) is 22.3 Å². The zero-order chi connectivity index (χ0) is 23.0. The lowest BCUT2D eigenvalue weighted by Crippen LogP contribution is -2.28. The van der Waals surface area contributed by atoms with E-state index in [1.165, 1.54) is 0 Å². The Kier molecular flexibility index (Phi) is 5.65. The summed E-state index contributed by atoms with van der Waals surface area (Å²) in [5, 5.41) is 3.84. The van der Waals surface area contributed by atoms with Crippen LogP contribution in [0, 0.1) is 20.8 Å². The molecule has 0 fully saturated rings. The first kappa shape index (κ1) is 21.5. The fourth-order valence-corrected chi connectivity index (χ4v) is 4.14. The minimum absolute atomic E-state index is 0.151. The molecule has 0 aliphatic rings. The number of fused-ring (bicyclic) bond motifs is 1. The number of nitrogens with one attached hydrogen (secondary N) is 2. The van der Waals surface area contributed by atoms with Crippen LogP contribution in [0.3, 0.4) is 0 Å². The van der Waals surface area contributed by atoms with Gasteiger partial charge >= 0.3 is 0 Å². The van der Waals surface area contributed by atoms with E-state index in [2.05, 4.69) is 44.9 Å². The highest BCUT2D eigenvalue weighted by molar-refractivity contribution is 6.09. The second-order valence-corrected chi connectivity index (χ2v) is 8.43. The molecular formula is C25H27N5O2. The summed E-state index contributed by atoms with van der Waals surface area (Å²) < 4.78 is 2.16. The van der Waals surface area contributed by atoms with Crippen LogP contribution in [0.5, 0.6) is 0 Å². The summed E-state index contributed by atoms with van der Waals surface area (Å²) in [5.41, 5.74) is 5.31. The molecule has 32 heavy (non-hydrogen) atoms. The van der Waals surface area contributed by atoms with E-state index in [1.54, 1.807) is 18.5 Å². The van der Waals surface area contributed by atoms with Crippen LogP contribution in [0.1, 0.15) is 52.6 Å². The van der Waals surface area contributed by atoms with Gasteiger partial charge in [0.2, 0.25) is 0 Å². The maximum atomic E-state index is 13.4. The Hall–Kier alpha value is -3.74. The summed E-state index contributed by atoms with van der Waals surface area (Å²) in [4.78, 5) is 37.3. The number of aromatic amines is 1. The molecule has 3 aromatic heterocycles. The summed E-state index contributed by atoms with van der Waals surface area (Å²) >= 11 is 0. The molecule has 2 N–H and O–H groups in total. The van der Waals surface area contributed by atoms with Crippen molar-refractivity contribution < 1.29 is 4.79 Å². The van der Waals surface area contributed by atoms with Crippen molar-refractivity contribution in [1.82, 2.24) is 24.8 Å². The van der Waals surface area contributed by atoms with E-state index in [0.717, 1.165) is 33.3 Å². The van der Waals surface area contributed by atoms with Crippen LogP contribution in [0.4, 0.5) is 0 Å². The number of pyridine rings is 1. The maximum absolute atomic E-state index is 13.4. The van der Waals surface area contributed by atoms with Gasteiger partial charge in [-0.15, -0.1) is 0 Å². The molecule has 0 atom stereocenters. The molecule has 1 amide bonds. The standard InChI is InChI=1S/C25H27N5O2/c1-14(2)30-13-16(4)22-19(10-18(11-21(22)30)23-26-7-6-8-27-23)24(31)28-12-20-15(3)9-17(5)29-25(20)32/h6-11,13-14H,12H2,1-5H3,(H,28,31)(H,29,32). The second-order valence-electron chi connectivity index (χ2n) is 8.43. The van der Waals surface area contributed by atoms with Crippen molar-refractivity contribution in [3.63, 3.8) is 0 Å². The number of carbonyl (C=O) groups is 1. The fraction of sp³-hybridized carbons (Fsp3) is 0.280. The van der Waals surface area contributed by atoms with E-state index >= 15 is 0 Å². The van der Waals surface area contributed by atoms with Crippen LogP contribution in [-0.2, 0) is 6.54 Å². The molecule has 1 aromatic carbocycles. The minimum Gasteiger partial charge on any atom is -0.348 e. The van der Waals surface area contributed by atoms with E-state index in [-0.39, 0.29) is 24.1 Å². The largest absolute Gasteiger partial charge is 0.348 e. The van der Waals surface area contributed by atoms with E-state index in [4.69, 9.17) is 0 Å². The molecule has 164 valence electrons. The lowest BCUT2D eigenvalue weighted by Gasteiger charge is -2.13. The predicted molar refractivity (Wildman–Crippen MR) is 126 cm³/mol. The highest BCUT2D eigenvalue weighted by Crippen LogP contribution is 2.31. The normalized spacial score (nSPS) is 11.3. The van der Waals surface area contributed by atoms with Crippen LogP contribution in [0.15, 0.2) is 47.7 Å². The number of nitrogens with zero attached hydrogens (tertiary/aromatic N) is 3. The molecule has 0 unspecified atom stereocenters. The van der Waals surface area contributed by atoms with Gasteiger partial charge in [-0.2, -0.15) is 0 Å². The number of amides is 1. The minimum atomic E-state index is -0.239. The van der Waals surface area contributed by atoms with Gasteiger partial charge in [0.1, 0.15) is 0 Å². The Bertz CT molecular complexity index is 1370. The Balaban J connectivity index is 1.80. The molecule has 0 radical (unpaired) electrons. The summed E-state index contributed by atoms with van der Waals surface area (Å²) in [7, 11) is 0. The van der Waals surface area contributed by atoms with Crippen molar-refractivity contribution in [3.05, 3.63) is 81.2 Å². The van der Waals surface area contributed by atoms with Gasteiger partial charge in [-0.3, -0.25) is 9.59 Å². The second kappa shape index (κ2) is 8.42. The molecule has 0 spiro atoms. The molecule has 7 nitrogen and oxygen atoms in total. The summed E-state index contributed by atoms with van der Waals surface area (Å²) in [6.07, 6.45) is 5.44. The van der Waals surface area contributed by atoms with Gasteiger partial charge in [0, 0.05) is 58.9 Å². The third-order valence-corrected chi connectivity index (χ3v) is 5.67. The van der Waals surface area contributed by atoms with Gasteiger partial charge in [0.15, 0.2) is 5.82 Å². The topological polar surface area (TPSA) is 92.7 Å². The third-order valence-electron chi connectivity index (χ3n) is 5.67. The first-order chi connectivity index (χ1) is 15.3. The van der Waals surface area contributed by atoms with E-state index in [9.17, 15) is 9.59 Å². The van der Waals surface area contributed by atoms with E-state index in [0.29, 0.717) is 17.0 Å². The average Bonchev–Trinajstić information content (AvgIpc) is 3.09. The molecule has 7 heteroatoms. The van der Waals surface area contributed by atoms with Crippen LogP contribution >= 0.6 is 0 Å². The molecule has 0 saturated carbocycles. The number of carbonyl (C=O) groups excluding carboxylic acids is 1. The molecule has 4 rings (SSSR count). The van der Waals surface area contributed by atoms with Crippen molar-refractivity contribution in [3.8, 4) is 11.4 Å². The SMILES string of the molecule is Cc1cc(C)c(CNC(=O)c2cc(-c3ncccn3)cc3c2c(C)cn3C(C)C)c(=O)[nH]1. The van der Waals surface area contributed by atoms with Gasteiger partial charge < -0.3 is 14.9 Å². The Labute approximate surface area is 186 Å². The number of hydrogen-bond donors (Lipinski definition) is 2. The fourth-order valence-electron chi connectivity index (χ4n) is 4.14. The number of benzene rings is 1. The lowest BCUT2D eigenvalue weighted by atomic mass is 10.0. The average molecular weight is 430 g/mol. The quantitative estimate of drug-likeness (QED) is 0.497. The van der Waals surface area contributed by atoms with Crippen molar-refractivity contribution in [2.24, 2.45) is 0 Å². The maximum Gasteiger partial charge on any atom is 0.253 e. The number of hydrogen-bond acceptors (Lipinski definition) is 4. The van der Waals surface area contributed by atoms with Crippen molar-refractivity contribution in [2.45, 2.75) is 47.2 Å². The monoisotopic (exact) mass is 429 g/mol. The zero-order valence-electron chi connectivity index (χ0n) is 19.0. The van der Waals surface area contributed by atoms with Crippen molar-refractivity contribution in [1.29, 1.82) is 0 Å². The van der Waals surface area contributed by atoms with Gasteiger partial charge in [0.25, 0.3) is 11.5 Å². The Morgan fingerprint density at radius 1 is 1.09 bits per heavy atom. The highest BCUT2D eigenvalue weighted by Gasteiger charge is 2.20. The van der Waals surface area contributed by atoms with Crippen LogP contribution < -0.4 is 10.9 Å². The first-order valence-corrected chi connectivity index (χ1v) is 10.7. The predicted octanol–water partition coefficient (Wildman–Crippen LogP) is 4.22. The number of rotatable bonds is 5. The molecule has 4 aromatic rings. The first-order valence-electron chi connectivity index (χ1n) is 10.7. The molecule has 0 bridgehead atoms. The van der Waals surface area contributed by atoms with E-state index in [1.807, 2.05) is 39.0 Å². The van der Waals surface area contributed by atoms with Gasteiger partial charge in [-0.25, -0.2) is 9.97 Å². The Morgan fingerprint density at radius 2 is 1.81 bits per heavy atom. The van der Waals surface area contributed by atoms with Gasteiger partial charge in [0.05, 0.1) is 5.52 Å². The molecule has 3 heterocycles. The smallest absolute Gasteiger partial charge is 0.253 e. The van der Waals surface area contributed by atoms with Gasteiger partial charge in [-0.1, -0.05) is 0 Å². The van der Waals surface area contributed by atoms with Crippen LogP contribution in [-0.4, -0.2) is 25.4 Å². The number of aryl methyl sites for hydroxylation is 3. The van der Waals surface area contributed by atoms with E-state index < -0.39 is 0 Å². The highest BCUT2D eigenvalue weighted by atomic mass is 16.1. The molecule has 0 aliphatic heterocycles. The molecule has 0 aliphatic carbocycles. The van der Waals surface area contributed by atoms with Crippen molar-refractivity contribution >= 4 is 16.8 Å². The van der Waals surface area contributed by atoms with Gasteiger partial charge in [-0.05, 0) is 70.0 Å². The summed E-state index contributed by atoms with van der Waals surface area (Å²) in [5.74, 6) is 0.320. The van der Waals surface area contributed by atoms with Crippen molar-refractivity contribution in [2.75, 3.05) is 0 Å². The summed E-state index contributed by atoms with van der Waals surface area (Å²) in [6.45, 7) is 10.1. The Morgan fingerprint density at radius 3 is 2.47 bits per heavy atom. The number of H-pyrrole nitrogens is 1. The molecule has 0 saturated heterocycles. The lowest BCUT2D eigenvalue weighted by molar-refractivity contribution is 0.0952. The third kappa shape index (κ3) is 3.93. The van der Waals surface area contributed by atoms with Crippen LogP contribution in [0.2, 0.25) is 0 Å². The zero-order valence-corrected chi connectivity index (χ0v) is 19.0.